The summed E-state index contributed by atoms with van der Waals surface area (Å²) in [5, 5.41) is 4.82. The predicted molar refractivity (Wildman–Crippen MR) is 134 cm³/mol. The summed E-state index contributed by atoms with van der Waals surface area (Å²) in [4.78, 5) is 51.6. The van der Waals surface area contributed by atoms with E-state index in [2.05, 4.69) is 15.6 Å². The van der Waals surface area contributed by atoms with E-state index in [1.807, 2.05) is 0 Å². The lowest BCUT2D eigenvalue weighted by Crippen LogP contribution is -2.41. The van der Waals surface area contributed by atoms with E-state index < -0.39 is 48.5 Å². The number of alkyl halides is 3. The van der Waals surface area contributed by atoms with Gasteiger partial charge in [0, 0.05) is 20.3 Å². The molecule has 0 saturated heterocycles. The van der Waals surface area contributed by atoms with Crippen LogP contribution in [0.3, 0.4) is 0 Å². The molecule has 0 saturated carbocycles. The number of carbonyl (C=O) groups is 4. The highest BCUT2D eigenvalue weighted by Gasteiger charge is 2.38. The molecule has 0 aliphatic heterocycles. The number of halogens is 5. The number of nitrogens with one attached hydrogen (secondary N) is 2. The number of esters is 2. The van der Waals surface area contributed by atoms with E-state index >= 15 is 0 Å². The van der Waals surface area contributed by atoms with Gasteiger partial charge < -0.3 is 24.7 Å². The maximum absolute atomic E-state index is 13.9. The van der Waals surface area contributed by atoms with Crippen LogP contribution in [0.25, 0.3) is 11.0 Å². The number of para-hydroxylation sites is 1. The number of ether oxygens (including phenoxy) is 2. The van der Waals surface area contributed by atoms with E-state index in [4.69, 9.17) is 32.7 Å². The number of anilines is 1. The quantitative estimate of drug-likeness (QED) is 0.276. The molecule has 0 spiro atoms. The Balaban J connectivity index is 1.92. The lowest BCUT2D eigenvalue weighted by atomic mass is 10.2. The lowest BCUT2D eigenvalue weighted by Gasteiger charge is -2.19. The summed E-state index contributed by atoms with van der Waals surface area (Å²) in [6.07, 6.45) is -6.38. The van der Waals surface area contributed by atoms with Gasteiger partial charge in [0.25, 0.3) is 5.91 Å². The van der Waals surface area contributed by atoms with E-state index in [0.717, 1.165) is 13.8 Å². The fourth-order valence-electron chi connectivity index (χ4n) is 3.56. The molecule has 2 N–H and O–H groups in total. The molecule has 1 aromatic heterocycles. The topological polar surface area (TPSA) is 129 Å². The maximum atomic E-state index is 13.9. The van der Waals surface area contributed by atoms with Gasteiger partial charge in [-0.2, -0.15) is 13.2 Å². The van der Waals surface area contributed by atoms with Crippen LogP contribution in [0.1, 0.15) is 36.5 Å². The van der Waals surface area contributed by atoms with Gasteiger partial charge in [0.1, 0.15) is 12.1 Å². The molecule has 0 fully saturated rings. The summed E-state index contributed by atoms with van der Waals surface area (Å²) in [6.45, 7) is 1.14. The third-order valence-electron chi connectivity index (χ3n) is 5.09. The van der Waals surface area contributed by atoms with E-state index in [-0.39, 0.29) is 45.4 Å². The molecule has 1 atom stereocenters. The first-order valence-electron chi connectivity index (χ1n) is 11.2. The molecule has 0 bridgehead atoms. The molecule has 0 radical (unpaired) electrons. The van der Waals surface area contributed by atoms with Gasteiger partial charge in [-0.1, -0.05) is 35.3 Å². The summed E-state index contributed by atoms with van der Waals surface area (Å²) < 4.78 is 52.1. The molecule has 2 amide bonds. The van der Waals surface area contributed by atoms with Gasteiger partial charge in [-0.05, 0) is 24.3 Å². The number of carbonyl (C=O) groups excluding carboxylic acids is 4. The normalized spacial score (nSPS) is 12.1. The van der Waals surface area contributed by atoms with Crippen molar-refractivity contribution in [1.82, 2.24) is 14.9 Å². The molecule has 208 valence electrons. The van der Waals surface area contributed by atoms with E-state index in [1.54, 1.807) is 0 Å². The van der Waals surface area contributed by atoms with Crippen LogP contribution in [-0.4, -0.2) is 46.1 Å². The number of hydrogen-bond acceptors (Lipinski definition) is 7. The number of fused-ring (bicyclic) bond motifs is 1. The zero-order valence-electron chi connectivity index (χ0n) is 20.4. The molecule has 1 heterocycles. The molecule has 3 rings (SSSR count). The van der Waals surface area contributed by atoms with Crippen molar-refractivity contribution in [1.29, 1.82) is 0 Å². The van der Waals surface area contributed by atoms with Crippen molar-refractivity contribution in [2.75, 3.05) is 11.9 Å². The Labute approximate surface area is 229 Å². The van der Waals surface area contributed by atoms with E-state index in [9.17, 15) is 32.3 Å². The average molecular weight is 589 g/mol. The second kappa shape index (κ2) is 12.3. The summed E-state index contributed by atoms with van der Waals surface area (Å²) in [7, 11) is 0. The van der Waals surface area contributed by atoms with Crippen LogP contribution in [-0.2, 0) is 36.6 Å². The van der Waals surface area contributed by atoms with Crippen LogP contribution in [0.4, 0.5) is 18.9 Å². The predicted octanol–water partition coefficient (Wildman–Crippen LogP) is 4.57. The van der Waals surface area contributed by atoms with Crippen LogP contribution >= 0.6 is 23.2 Å². The Bertz CT molecular complexity index is 1410. The first kappa shape index (κ1) is 29.7. The van der Waals surface area contributed by atoms with Gasteiger partial charge in [-0.25, -0.2) is 4.98 Å². The molecule has 10 nitrogen and oxygen atoms in total. The Hall–Kier alpha value is -3.84. The largest absolute Gasteiger partial charge is 0.466 e. The van der Waals surface area contributed by atoms with Crippen molar-refractivity contribution in [2.24, 2.45) is 0 Å². The van der Waals surface area contributed by atoms with Crippen LogP contribution in [0, 0.1) is 0 Å². The van der Waals surface area contributed by atoms with Crippen LogP contribution in [0.2, 0.25) is 10.0 Å². The van der Waals surface area contributed by atoms with Gasteiger partial charge >= 0.3 is 18.1 Å². The Morgan fingerprint density at radius 1 is 1.03 bits per heavy atom. The van der Waals surface area contributed by atoms with Gasteiger partial charge in [-0.3, -0.25) is 19.2 Å². The third-order valence-corrected chi connectivity index (χ3v) is 5.72. The SMILES string of the molecule is CC(=O)OCCC(NC(=O)Cn1c(C(F)(F)F)nc2c(NC(=O)c3c(Cl)cccc3Cl)cccc21)OC(C)=O. The smallest absolute Gasteiger partial charge is 0.449 e. The Kier molecular flexibility index (Phi) is 9.41. The monoisotopic (exact) mass is 588 g/mol. The number of imidazole rings is 1. The molecule has 1 unspecified atom stereocenters. The second-order valence-corrected chi connectivity index (χ2v) is 8.85. The third kappa shape index (κ3) is 7.60. The maximum Gasteiger partial charge on any atom is 0.449 e. The van der Waals surface area contributed by atoms with Crippen LogP contribution in [0.5, 0.6) is 0 Å². The summed E-state index contributed by atoms with van der Waals surface area (Å²) in [5.74, 6) is -4.52. The summed E-state index contributed by atoms with van der Waals surface area (Å²) in [6, 6.07) is 8.35. The minimum absolute atomic E-state index is 0.0291. The molecule has 0 aliphatic carbocycles. The van der Waals surface area contributed by atoms with Crippen molar-refractivity contribution >= 4 is 63.7 Å². The van der Waals surface area contributed by atoms with Crippen LogP contribution < -0.4 is 10.6 Å². The molecular weight excluding hydrogens is 568 g/mol. The first-order chi connectivity index (χ1) is 18.3. The van der Waals surface area contributed by atoms with Crippen molar-refractivity contribution in [2.45, 2.75) is 39.2 Å². The molecule has 39 heavy (non-hydrogen) atoms. The Morgan fingerprint density at radius 3 is 2.26 bits per heavy atom. The number of benzene rings is 2. The average Bonchev–Trinajstić information content (AvgIpc) is 3.18. The molecule has 2 aromatic carbocycles. The fraction of sp³-hybridized carbons (Fsp3) is 0.292. The lowest BCUT2D eigenvalue weighted by molar-refractivity contribution is -0.151. The molecular formula is C24H21Cl2F3N4O6. The van der Waals surface area contributed by atoms with Crippen molar-refractivity contribution in [3.05, 3.63) is 57.8 Å². The van der Waals surface area contributed by atoms with Gasteiger partial charge in [0.2, 0.25) is 11.7 Å². The first-order valence-corrected chi connectivity index (χ1v) is 11.9. The van der Waals surface area contributed by atoms with Gasteiger partial charge in [0.05, 0.1) is 33.4 Å². The van der Waals surface area contributed by atoms with E-state index in [0.29, 0.717) is 4.57 Å². The number of hydrogen-bond donors (Lipinski definition) is 2. The standard InChI is InChI=1S/C24H21Cl2F3N4O6/c1-12(34)38-10-9-19(39-13(2)35)31-18(36)11-33-17-8-4-7-16(21(17)32-23(33)24(27,28)29)30-22(37)20-14(25)5-3-6-15(20)26/h3-8,19H,9-11H2,1-2H3,(H,30,37)(H,31,36). The fourth-order valence-corrected chi connectivity index (χ4v) is 4.13. The highest BCUT2D eigenvalue weighted by molar-refractivity contribution is 6.40. The van der Waals surface area contributed by atoms with Gasteiger partial charge in [-0.15, -0.1) is 0 Å². The Morgan fingerprint density at radius 2 is 1.67 bits per heavy atom. The van der Waals surface area contributed by atoms with Crippen molar-refractivity contribution in [3.8, 4) is 0 Å². The van der Waals surface area contributed by atoms with E-state index in [1.165, 1.54) is 36.4 Å². The van der Waals surface area contributed by atoms with Gasteiger partial charge in [0.15, 0.2) is 6.23 Å². The van der Waals surface area contributed by atoms with Crippen molar-refractivity contribution < 1.29 is 41.8 Å². The summed E-state index contributed by atoms with van der Waals surface area (Å²) >= 11 is 12.1. The second-order valence-electron chi connectivity index (χ2n) is 8.04. The molecule has 3 aromatic rings. The molecule has 15 heteroatoms. The zero-order valence-corrected chi connectivity index (χ0v) is 21.9. The minimum Gasteiger partial charge on any atom is -0.466 e. The highest BCUT2D eigenvalue weighted by Crippen LogP contribution is 2.34. The number of rotatable bonds is 9. The number of nitrogens with zero attached hydrogens (tertiary/aromatic N) is 2. The number of amides is 2. The molecule has 0 aliphatic rings. The van der Waals surface area contributed by atoms with Crippen LogP contribution in [0.15, 0.2) is 36.4 Å². The minimum atomic E-state index is -4.97. The zero-order chi connectivity index (χ0) is 28.9. The summed E-state index contributed by atoms with van der Waals surface area (Å²) in [5.41, 5.74) is -0.541. The number of aromatic nitrogens is 2. The highest BCUT2D eigenvalue weighted by atomic mass is 35.5. The van der Waals surface area contributed by atoms with Crippen molar-refractivity contribution in [3.63, 3.8) is 0 Å².